The molecular formula is C101H82BrF6N25O4S. The van der Waals surface area contributed by atoms with Gasteiger partial charge in [0.2, 0.25) is 23.8 Å². The van der Waals surface area contributed by atoms with E-state index in [-0.39, 0.29) is 32.3 Å². The number of piperidine rings is 2. The minimum Gasteiger partial charge on any atom is -0.487 e. The lowest BCUT2D eigenvalue weighted by molar-refractivity contribution is -0.186. The van der Waals surface area contributed by atoms with Gasteiger partial charge in [-0.05, 0) is 183 Å². The Hall–Kier alpha value is -16.4. The van der Waals surface area contributed by atoms with E-state index in [0.717, 1.165) is 137 Å². The molecule has 4 N–H and O–H groups in total. The Kier molecular flexibility index (Phi) is 28.1. The number of anilines is 8. The maximum atomic E-state index is 13.1. The molecule has 690 valence electrons. The van der Waals surface area contributed by atoms with E-state index in [9.17, 15) is 26.3 Å². The molecule has 2 fully saturated rings. The monoisotopic (exact) mass is 1930 g/mol. The van der Waals surface area contributed by atoms with Crippen molar-refractivity contribution in [1.29, 1.82) is 0 Å². The molecule has 0 aliphatic carbocycles. The molecule has 0 bridgehead atoms. The van der Waals surface area contributed by atoms with Crippen molar-refractivity contribution in [2.75, 3.05) is 47.4 Å². The number of ether oxygens (including phenoxy) is 2. The number of nitrogens with one attached hydrogen (secondary N) is 4. The number of oxazole rings is 2. The van der Waals surface area contributed by atoms with Gasteiger partial charge in [-0.2, -0.15) is 36.5 Å². The first kappa shape index (κ1) is 92.1. The number of thiazole rings is 1. The highest BCUT2D eigenvalue weighted by Crippen LogP contribution is 2.41. The van der Waals surface area contributed by atoms with Crippen molar-refractivity contribution in [2.45, 2.75) is 64.3 Å². The zero-order chi connectivity index (χ0) is 95.1. The van der Waals surface area contributed by atoms with Gasteiger partial charge in [-0.3, -0.25) is 29.1 Å². The predicted octanol–water partition coefficient (Wildman–Crippen LogP) is 21.7. The lowest BCUT2D eigenvalue weighted by Gasteiger charge is -2.33. The SMILES string of the molecule is C#Cc1cc2cnc(Nc3cccc(-c4cnco4)c3)nc2cc1OCc1cncnc1.C#Cc1ccc2nc(Nc3cc(CN4CCC(C(F)(F)F)CC4)cc(-c4cnn(C)c4)c3)ncc2c1.Cn1cc(-c2cc(CN3CCC(C(F)(F)F)CC3)cc(Nc3ncc4cc(Br)ccc4n3)c2)cn1.c1cc(Nc2ncc3cc(-c4nccs4)c(OCc4cnccn4)cc3n2)cc(-c2cnco2)c1. The Morgan fingerprint density at radius 1 is 0.442 bits per heavy atom. The first-order valence-corrected chi connectivity index (χ1v) is 45.1. The molecule has 2 saturated heterocycles. The van der Waals surface area contributed by atoms with Crippen molar-refractivity contribution in [1.82, 2.24) is 104 Å². The first-order chi connectivity index (χ1) is 67.1. The molecule has 2 aliphatic rings. The minimum absolute atomic E-state index is 0.128. The summed E-state index contributed by atoms with van der Waals surface area (Å²) in [5, 5.41) is 27.9. The molecule has 11 aromatic heterocycles. The number of aromatic nitrogens is 19. The van der Waals surface area contributed by atoms with Crippen LogP contribution in [0.3, 0.4) is 0 Å². The molecule has 138 heavy (non-hydrogen) atoms. The van der Waals surface area contributed by atoms with E-state index in [1.165, 1.54) is 19.1 Å². The smallest absolute Gasteiger partial charge is 0.391 e. The molecule has 0 saturated carbocycles. The quantitative estimate of drug-likeness (QED) is 0.0341. The van der Waals surface area contributed by atoms with Crippen molar-refractivity contribution in [3.8, 4) is 91.7 Å². The van der Waals surface area contributed by atoms with E-state index in [4.69, 9.17) is 36.1 Å². The number of terminal acetylenes is 2. The van der Waals surface area contributed by atoms with E-state index < -0.39 is 24.2 Å². The van der Waals surface area contributed by atoms with Gasteiger partial charge in [0.1, 0.15) is 36.0 Å². The van der Waals surface area contributed by atoms with E-state index in [2.05, 4.69) is 151 Å². The van der Waals surface area contributed by atoms with Gasteiger partial charge in [0.05, 0.1) is 81.7 Å². The van der Waals surface area contributed by atoms with Crippen LogP contribution in [-0.2, 0) is 40.4 Å². The summed E-state index contributed by atoms with van der Waals surface area (Å²) in [5.74, 6) is 7.26. The van der Waals surface area contributed by atoms with E-state index in [1.54, 1.807) is 107 Å². The molecule has 29 nitrogen and oxygen atoms in total. The van der Waals surface area contributed by atoms with Crippen LogP contribution in [0.2, 0.25) is 0 Å². The predicted molar refractivity (Wildman–Crippen MR) is 518 cm³/mol. The molecular weight excluding hydrogens is 1850 g/mol. The van der Waals surface area contributed by atoms with Crippen LogP contribution in [0.1, 0.15) is 59.2 Å². The number of likely N-dealkylation sites (tertiary alicyclic amines) is 2. The molecule has 13 heterocycles. The van der Waals surface area contributed by atoms with Crippen molar-refractivity contribution in [3.63, 3.8) is 0 Å². The van der Waals surface area contributed by atoms with Gasteiger partial charge in [0.15, 0.2) is 24.3 Å². The highest BCUT2D eigenvalue weighted by atomic mass is 79.9. The van der Waals surface area contributed by atoms with E-state index >= 15 is 0 Å². The summed E-state index contributed by atoms with van der Waals surface area (Å²) >= 11 is 5.00. The number of rotatable bonds is 23. The van der Waals surface area contributed by atoms with Gasteiger partial charge >= 0.3 is 12.4 Å². The Balaban J connectivity index is 0.000000122. The van der Waals surface area contributed by atoms with Crippen LogP contribution in [0.5, 0.6) is 11.5 Å². The number of aryl methyl sites for hydroxylation is 2. The Labute approximate surface area is 798 Å². The molecule has 0 atom stereocenters. The third-order valence-electron chi connectivity index (χ3n) is 22.6. The minimum atomic E-state index is -4.12. The Morgan fingerprint density at radius 3 is 1.43 bits per heavy atom. The second-order valence-electron chi connectivity index (χ2n) is 32.4. The van der Waals surface area contributed by atoms with Crippen LogP contribution in [0.4, 0.5) is 72.9 Å². The average Bonchev–Trinajstić information content (AvgIpc) is 1.06. The summed E-state index contributed by atoms with van der Waals surface area (Å²) in [5.41, 5.74) is 17.7. The second kappa shape index (κ2) is 42.1. The number of hydrogen-bond acceptors (Lipinski definition) is 28. The fourth-order valence-electron chi connectivity index (χ4n) is 15.8. The zero-order valence-electron chi connectivity index (χ0n) is 73.8. The van der Waals surface area contributed by atoms with Crippen molar-refractivity contribution >= 4 is 117 Å². The fraction of sp³-hybridized carbons (Fsp3) is 0.178. The topological polar surface area (TPSA) is 328 Å². The number of fused-ring (bicyclic) bond motifs is 4. The molecule has 0 spiro atoms. The second-order valence-corrected chi connectivity index (χ2v) is 34.2. The first-order valence-electron chi connectivity index (χ1n) is 43.4. The highest BCUT2D eigenvalue weighted by Gasteiger charge is 2.42. The van der Waals surface area contributed by atoms with Gasteiger partial charge in [-0.1, -0.05) is 52.0 Å². The lowest BCUT2D eigenvalue weighted by Crippen LogP contribution is -2.38. The highest BCUT2D eigenvalue weighted by molar-refractivity contribution is 9.10. The third-order valence-corrected chi connectivity index (χ3v) is 23.9. The summed E-state index contributed by atoms with van der Waals surface area (Å²) < 4.78 is 106. The normalized spacial score (nSPS) is 13.2. The largest absolute Gasteiger partial charge is 0.487 e. The average molecular weight is 1940 g/mol. The Morgan fingerprint density at radius 2 is 0.942 bits per heavy atom. The van der Waals surface area contributed by atoms with E-state index in [1.807, 2.05) is 165 Å². The van der Waals surface area contributed by atoms with Crippen LogP contribution in [-0.4, -0.2) is 143 Å². The van der Waals surface area contributed by atoms with Gasteiger partial charge in [0.25, 0.3) is 0 Å². The van der Waals surface area contributed by atoms with Crippen LogP contribution < -0.4 is 30.7 Å². The van der Waals surface area contributed by atoms with E-state index in [0.29, 0.717) is 104 Å². The van der Waals surface area contributed by atoms with Crippen LogP contribution in [0, 0.1) is 36.5 Å². The third kappa shape index (κ3) is 23.7. The summed E-state index contributed by atoms with van der Waals surface area (Å²) in [7, 11) is 3.71. The van der Waals surface area contributed by atoms with Gasteiger partial charge < -0.3 is 39.6 Å². The Bertz CT molecular complexity index is 7540. The van der Waals surface area contributed by atoms with Crippen LogP contribution in [0.25, 0.3) is 99.1 Å². The van der Waals surface area contributed by atoms with Crippen LogP contribution in [0.15, 0.2) is 283 Å². The maximum Gasteiger partial charge on any atom is 0.391 e. The van der Waals surface area contributed by atoms with Crippen molar-refractivity contribution in [2.24, 2.45) is 25.9 Å². The van der Waals surface area contributed by atoms with Gasteiger partial charge in [-0.15, -0.1) is 24.2 Å². The van der Waals surface area contributed by atoms with Crippen LogP contribution >= 0.6 is 27.3 Å². The summed E-state index contributed by atoms with van der Waals surface area (Å²) in [6, 6.07) is 46.5. The molecule has 2 aliphatic heterocycles. The van der Waals surface area contributed by atoms with Gasteiger partial charge in [-0.25, -0.2) is 64.8 Å². The number of hydrogen-bond donors (Lipinski definition) is 4. The number of nitrogens with zero attached hydrogens (tertiary/aromatic N) is 21. The number of halogens is 7. The summed E-state index contributed by atoms with van der Waals surface area (Å²) in [6.45, 7) is 3.38. The van der Waals surface area contributed by atoms with Gasteiger partial charge in [0, 0.05) is 195 Å². The molecule has 21 rings (SSSR count). The molecule has 19 aromatic rings. The zero-order valence-corrected chi connectivity index (χ0v) is 76.2. The number of benzene rings is 8. The molecule has 37 heteroatoms. The van der Waals surface area contributed by atoms with Crippen molar-refractivity contribution < 1.29 is 44.7 Å². The molecule has 8 aromatic carbocycles. The molecule has 0 radical (unpaired) electrons. The fourth-order valence-corrected chi connectivity index (χ4v) is 16.8. The summed E-state index contributed by atoms with van der Waals surface area (Å²) in [6.07, 6.45) is 35.6. The molecule has 0 unspecified atom stereocenters. The number of alkyl halides is 6. The standard InChI is InChI=1S/C27H25F3N6.C25H24BrF3N6.C25H17N7O2S.C24H16N6O2/c1-3-18-4-5-25-21(10-18)14-31-26(34-25)33-24-12-19(11-20(13-24)22-15-32-35(2)17-22)16-36-8-6-23(7-9-36)27(28,29)30;1-34-15-19(13-31-34)17-8-16(14-35-6-4-20(5-7-35)25(27,28)29)9-22(11-17)32-24-30-12-18-10-21(26)2-3-23(18)33-24;1-2-16(23-13-27-15-34-23)8-18(3-1)31-25-30-11-17-9-20(24-29-6-7-35-24)22(10-21(17)32-25)33-14-19-12-26-4-5-28-19;1-2-17-6-19-11-28-24(29-20-5-3-4-18(7-20)23-12-27-15-32-23)30-21(19)8-22(17)31-13-16-9-25-14-26-10-16/h1,4-5,10-15,17,23H,6-9,16H2,2H3,(H,31,33,34);2-3,8-13,15,20H,4-7,14H2,1H3,(H,30,32,33);1-13,15H,14H2,(H,30,31,32);1,3-12,14-15H,13H2,(H,28,29,30). The maximum absolute atomic E-state index is 13.1. The lowest BCUT2D eigenvalue weighted by atomic mass is 9.95. The molecule has 0 amide bonds. The summed E-state index contributed by atoms with van der Waals surface area (Å²) in [4.78, 5) is 69.3. The van der Waals surface area contributed by atoms with Crippen molar-refractivity contribution in [3.05, 3.63) is 307 Å².